The van der Waals surface area contributed by atoms with Gasteiger partial charge in [0.1, 0.15) is 6.10 Å². The van der Waals surface area contributed by atoms with E-state index in [0.29, 0.717) is 13.2 Å². The number of ether oxygens (including phenoxy) is 2. The van der Waals surface area contributed by atoms with Crippen molar-refractivity contribution in [1.29, 1.82) is 0 Å². The first-order chi connectivity index (χ1) is 13.7. The maximum Gasteiger partial charge on any atom is 0.103 e. The van der Waals surface area contributed by atoms with E-state index >= 15 is 0 Å². The fourth-order valence-electron chi connectivity index (χ4n) is 3.97. The van der Waals surface area contributed by atoms with Crippen LogP contribution in [-0.2, 0) is 9.47 Å². The Hall–Kier alpha value is -1.39. The molecule has 1 N–H and O–H groups in total. The molecule has 0 spiro atoms. The largest absolute Gasteiger partial charge is 0.386 e. The second-order valence-electron chi connectivity index (χ2n) is 7.46. The van der Waals surface area contributed by atoms with E-state index in [-0.39, 0.29) is 25.0 Å². The number of alkyl halides is 1. The van der Waals surface area contributed by atoms with E-state index in [9.17, 15) is 5.11 Å². The SMILES string of the molecule is C.CCCC1OCC(Cl)c2ccccc21.CCCC1OCC(O)c2ccccc21. The molecule has 0 saturated heterocycles. The zero-order valence-electron chi connectivity index (χ0n) is 16.8. The fraction of sp³-hybridized carbons (Fsp3) is 0.520. The predicted octanol–water partition coefficient (Wildman–Crippen LogP) is 7.07. The lowest BCUT2D eigenvalue weighted by molar-refractivity contribution is -0.0338. The third-order valence-corrected chi connectivity index (χ3v) is 5.74. The van der Waals surface area contributed by atoms with Gasteiger partial charge in [-0.1, -0.05) is 82.6 Å². The summed E-state index contributed by atoms with van der Waals surface area (Å²) in [6, 6.07) is 16.4. The Bertz CT molecular complexity index is 685. The van der Waals surface area contributed by atoms with Gasteiger partial charge < -0.3 is 14.6 Å². The number of rotatable bonds is 4. The monoisotopic (exact) mass is 418 g/mol. The van der Waals surface area contributed by atoms with Crippen molar-refractivity contribution in [3.05, 3.63) is 70.8 Å². The number of hydrogen-bond acceptors (Lipinski definition) is 3. The summed E-state index contributed by atoms with van der Waals surface area (Å²) in [4.78, 5) is 0. The molecule has 3 nitrogen and oxygen atoms in total. The highest BCUT2D eigenvalue weighted by molar-refractivity contribution is 6.21. The maximum atomic E-state index is 9.72. The summed E-state index contributed by atoms with van der Waals surface area (Å²) in [5.74, 6) is 0. The second-order valence-corrected chi connectivity index (χ2v) is 7.99. The van der Waals surface area contributed by atoms with Crippen molar-refractivity contribution in [3.63, 3.8) is 0 Å². The molecule has 160 valence electrons. The van der Waals surface area contributed by atoms with Crippen LogP contribution in [0.5, 0.6) is 0 Å². The lowest BCUT2D eigenvalue weighted by atomic mass is 9.94. The van der Waals surface area contributed by atoms with E-state index in [1.54, 1.807) is 0 Å². The topological polar surface area (TPSA) is 38.7 Å². The summed E-state index contributed by atoms with van der Waals surface area (Å²) in [6.45, 7) is 5.40. The number of aliphatic hydroxyl groups is 1. The van der Waals surface area contributed by atoms with Crippen molar-refractivity contribution in [3.8, 4) is 0 Å². The zero-order valence-corrected chi connectivity index (χ0v) is 17.6. The molecule has 4 unspecified atom stereocenters. The molecule has 4 rings (SSSR count). The molecule has 2 heterocycles. The minimum absolute atomic E-state index is 0. The Morgan fingerprint density at radius 1 is 0.793 bits per heavy atom. The lowest BCUT2D eigenvalue weighted by Gasteiger charge is -2.29. The summed E-state index contributed by atoms with van der Waals surface area (Å²) in [5, 5.41) is 9.75. The molecule has 2 aliphatic rings. The molecule has 0 fully saturated rings. The van der Waals surface area contributed by atoms with E-state index in [4.69, 9.17) is 21.1 Å². The number of aliphatic hydroxyl groups excluding tert-OH is 1. The average Bonchev–Trinajstić information content (AvgIpc) is 2.73. The summed E-state index contributed by atoms with van der Waals surface area (Å²) in [6.07, 6.45) is 4.36. The third-order valence-electron chi connectivity index (χ3n) is 5.38. The molecule has 4 atom stereocenters. The van der Waals surface area contributed by atoms with E-state index in [2.05, 4.69) is 38.1 Å². The molecule has 0 bridgehead atoms. The Kier molecular flexibility index (Phi) is 9.64. The minimum atomic E-state index is -0.445. The van der Waals surface area contributed by atoms with Crippen LogP contribution < -0.4 is 0 Å². The molecule has 2 aromatic rings. The first kappa shape index (κ1) is 23.9. The van der Waals surface area contributed by atoms with Gasteiger partial charge in [0, 0.05) is 0 Å². The molecule has 4 heteroatoms. The van der Waals surface area contributed by atoms with Crippen molar-refractivity contribution in [1.82, 2.24) is 0 Å². The Balaban J connectivity index is 0.000000200. The molecular formula is C25H35ClO3. The van der Waals surface area contributed by atoms with Gasteiger partial charge in [0.15, 0.2) is 0 Å². The molecule has 0 aromatic heterocycles. The quantitative estimate of drug-likeness (QED) is 0.539. The highest BCUT2D eigenvalue weighted by Gasteiger charge is 2.26. The van der Waals surface area contributed by atoms with Crippen LogP contribution in [0.4, 0.5) is 0 Å². The highest BCUT2D eigenvalue weighted by Crippen LogP contribution is 2.38. The summed E-state index contributed by atoms with van der Waals surface area (Å²) in [7, 11) is 0. The molecule has 0 aliphatic carbocycles. The van der Waals surface area contributed by atoms with E-state index < -0.39 is 6.10 Å². The highest BCUT2D eigenvalue weighted by atomic mass is 35.5. The number of hydrogen-bond donors (Lipinski definition) is 1. The van der Waals surface area contributed by atoms with Crippen LogP contribution in [0.25, 0.3) is 0 Å². The van der Waals surface area contributed by atoms with Crippen molar-refractivity contribution < 1.29 is 14.6 Å². The van der Waals surface area contributed by atoms with Gasteiger partial charge in [0.25, 0.3) is 0 Å². The molecule has 0 amide bonds. The van der Waals surface area contributed by atoms with E-state index in [1.807, 2.05) is 24.3 Å². The van der Waals surface area contributed by atoms with Crippen molar-refractivity contribution in [2.45, 2.75) is 70.6 Å². The molecule has 2 aliphatic heterocycles. The number of fused-ring (bicyclic) bond motifs is 2. The predicted molar refractivity (Wildman–Crippen MR) is 120 cm³/mol. The van der Waals surface area contributed by atoms with Gasteiger partial charge in [-0.15, -0.1) is 11.6 Å². The smallest absolute Gasteiger partial charge is 0.103 e. The first-order valence-electron chi connectivity index (χ1n) is 10.4. The Morgan fingerprint density at radius 3 is 1.79 bits per heavy atom. The first-order valence-corrected chi connectivity index (χ1v) is 10.8. The van der Waals surface area contributed by atoms with Crippen LogP contribution in [-0.4, -0.2) is 18.3 Å². The standard InChI is InChI=1S/C12H15ClO.C12H16O2.CH4/c2*1-2-5-12-10-7-4-3-6-9(10)11(13)8-14-12;/h3-4,6-7,11-12H,2,5,8H2,1H3;3-4,6-7,11-13H,2,5,8H2,1H3;1H4. The third kappa shape index (κ3) is 5.82. The molecule has 0 radical (unpaired) electrons. The van der Waals surface area contributed by atoms with Crippen LogP contribution in [0.2, 0.25) is 0 Å². The summed E-state index contributed by atoms with van der Waals surface area (Å²) < 4.78 is 11.3. The molecule has 0 saturated carbocycles. The van der Waals surface area contributed by atoms with Gasteiger partial charge in [-0.3, -0.25) is 0 Å². The fourth-order valence-corrected chi connectivity index (χ4v) is 4.24. The van der Waals surface area contributed by atoms with Gasteiger partial charge in [-0.25, -0.2) is 0 Å². The molecule has 2 aromatic carbocycles. The van der Waals surface area contributed by atoms with Crippen LogP contribution in [0.15, 0.2) is 48.5 Å². The number of halogens is 1. The maximum absolute atomic E-state index is 9.72. The van der Waals surface area contributed by atoms with Crippen molar-refractivity contribution in [2.75, 3.05) is 13.2 Å². The lowest BCUT2D eigenvalue weighted by Crippen LogP contribution is -2.20. The van der Waals surface area contributed by atoms with Gasteiger partial charge >= 0.3 is 0 Å². The Labute approximate surface area is 181 Å². The van der Waals surface area contributed by atoms with E-state index in [0.717, 1.165) is 36.8 Å². The van der Waals surface area contributed by atoms with Gasteiger partial charge in [-0.2, -0.15) is 0 Å². The molecule has 29 heavy (non-hydrogen) atoms. The van der Waals surface area contributed by atoms with Crippen LogP contribution >= 0.6 is 11.6 Å². The van der Waals surface area contributed by atoms with Gasteiger partial charge in [-0.05, 0) is 35.1 Å². The normalized spacial score (nSPS) is 25.0. The van der Waals surface area contributed by atoms with Crippen LogP contribution in [0.1, 0.15) is 92.9 Å². The van der Waals surface area contributed by atoms with Crippen molar-refractivity contribution >= 4 is 11.6 Å². The van der Waals surface area contributed by atoms with Gasteiger partial charge in [0.2, 0.25) is 0 Å². The second kappa shape index (κ2) is 11.7. The Morgan fingerprint density at radius 2 is 1.24 bits per heavy atom. The summed E-state index contributed by atoms with van der Waals surface area (Å²) >= 11 is 6.19. The van der Waals surface area contributed by atoms with Crippen molar-refractivity contribution in [2.24, 2.45) is 0 Å². The van der Waals surface area contributed by atoms with Gasteiger partial charge in [0.05, 0.1) is 30.8 Å². The van der Waals surface area contributed by atoms with Crippen LogP contribution in [0, 0.1) is 0 Å². The zero-order chi connectivity index (χ0) is 19.9. The average molecular weight is 419 g/mol. The minimum Gasteiger partial charge on any atom is -0.386 e. The number of benzene rings is 2. The van der Waals surface area contributed by atoms with E-state index in [1.165, 1.54) is 11.1 Å². The molecular weight excluding hydrogens is 384 g/mol. The summed E-state index contributed by atoms with van der Waals surface area (Å²) in [5.41, 5.74) is 4.73. The van der Waals surface area contributed by atoms with Crippen LogP contribution in [0.3, 0.4) is 0 Å².